The Hall–Kier alpha value is -2.92. The zero-order valence-electron chi connectivity index (χ0n) is 14.4. The molecule has 0 fully saturated rings. The summed E-state index contributed by atoms with van der Waals surface area (Å²) >= 11 is 11.5. The Bertz CT molecular complexity index is 1170. The number of rotatable bonds is 4. The van der Waals surface area contributed by atoms with Crippen LogP contribution >= 0.6 is 23.2 Å². The Morgan fingerprint density at radius 3 is 2.55 bits per heavy atom. The lowest BCUT2D eigenvalue weighted by atomic mass is 10.2. The lowest BCUT2D eigenvalue weighted by Crippen LogP contribution is -2.15. The molecule has 3 heterocycles. The van der Waals surface area contributed by atoms with Gasteiger partial charge in [-0.3, -0.25) is 0 Å². The van der Waals surface area contributed by atoms with E-state index < -0.39 is 22.8 Å². The van der Waals surface area contributed by atoms with Crippen molar-refractivity contribution >= 4 is 40.3 Å². The lowest BCUT2D eigenvalue weighted by Gasteiger charge is -2.12. The van der Waals surface area contributed by atoms with Crippen LogP contribution in [-0.2, 0) is 6.18 Å². The second-order valence-corrected chi connectivity index (χ2v) is 6.76. The molecular weight excluding hydrogens is 434 g/mol. The average molecular weight is 444 g/mol. The average Bonchev–Trinajstić information content (AvgIpc) is 3.27. The minimum Gasteiger partial charge on any atom is -0.423 e. The third kappa shape index (κ3) is 3.83. The van der Waals surface area contributed by atoms with Crippen molar-refractivity contribution in [2.45, 2.75) is 19.1 Å². The molecule has 1 atom stereocenters. The fourth-order valence-electron chi connectivity index (χ4n) is 2.59. The highest BCUT2D eigenvalue weighted by molar-refractivity contribution is 6.32. The Kier molecular flexibility index (Phi) is 4.79. The molecule has 0 aliphatic carbocycles. The number of hydrogen-bond acceptors (Lipinski definition) is 7. The summed E-state index contributed by atoms with van der Waals surface area (Å²) in [5.41, 5.74) is -0.863. The number of benzene rings is 1. The summed E-state index contributed by atoms with van der Waals surface area (Å²) in [5.74, 6) is 0.665. The first-order valence-electron chi connectivity index (χ1n) is 8.04. The van der Waals surface area contributed by atoms with Crippen LogP contribution in [0, 0.1) is 0 Å². The predicted molar refractivity (Wildman–Crippen MR) is 98.0 cm³/mol. The summed E-state index contributed by atoms with van der Waals surface area (Å²) in [6.45, 7) is 1.74. The molecule has 0 bridgehead atoms. The molecule has 150 valence electrons. The molecule has 1 N–H and O–H groups in total. The van der Waals surface area contributed by atoms with Crippen molar-refractivity contribution in [2.75, 3.05) is 5.32 Å². The zero-order chi connectivity index (χ0) is 20.8. The van der Waals surface area contributed by atoms with Gasteiger partial charge in [0.25, 0.3) is 12.0 Å². The SMILES string of the molecule is C[C@H](Nc1nc2cc(C(F)(F)F)c(Cl)cc2o1)c1ncnn1-c1ncc(Cl)cn1. The molecule has 0 spiro atoms. The Labute approximate surface area is 170 Å². The van der Waals surface area contributed by atoms with Crippen molar-refractivity contribution in [2.24, 2.45) is 0 Å². The maximum atomic E-state index is 13.0. The van der Waals surface area contributed by atoms with Crippen molar-refractivity contribution in [3.05, 3.63) is 52.3 Å². The highest BCUT2D eigenvalue weighted by Gasteiger charge is 2.34. The van der Waals surface area contributed by atoms with Gasteiger partial charge < -0.3 is 9.73 Å². The number of aromatic nitrogens is 6. The lowest BCUT2D eigenvalue weighted by molar-refractivity contribution is -0.137. The number of nitrogens with zero attached hydrogens (tertiary/aromatic N) is 6. The van der Waals surface area contributed by atoms with E-state index in [1.54, 1.807) is 6.92 Å². The summed E-state index contributed by atoms with van der Waals surface area (Å²) in [7, 11) is 0. The van der Waals surface area contributed by atoms with Crippen LogP contribution in [0.5, 0.6) is 0 Å². The molecule has 8 nitrogen and oxygen atoms in total. The van der Waals surface area contributed by atoms with Crippen molar-refractivity contribution in [3.63, 3.8) is 0 Å². The molecule has 4 aromatic rings. The third-order valence-corrected chi connectivity index (χ3v) is 4.39. The molecule has 1 aromatic carbocycles. The first-order valence-corrected chi connectivity index (χ1v) is 8.79. The number of nitrogens with one attached hydrogen (secondary N) is 1. The Morgan fingerprint density at radius 1 is 1.14 bits per heavy atom. The first kappa shape index (κ1) is 19.4. The molecule has 0 aliphatic heterocycles. The maximum Gasteiger partial charge on any atom is 0.417 e. The molecule has 4 rings (SSSR count). The van der Waals surface area contributed by atoms with Crippen LogP contribution in [0.3, 0.4) is 0 Å². The molecule has 0 radical (unpaired) electrons. The summed E-state index contributed by atoms with van der Waals surface area (Å²) in [6, 6.07) is 1.41. The van der Waals surface area contributed by atoms with Crippen LogP contribution in [0.2, 0.25) is 10.0 Å². The van der Waals surface area contributed by atoms with Crippen LogP contribution in [-0.4, -0.2) is 29.7 Å². The first-order chi connectivity index (χ1) is 13.7. The second-order valence-electron chi connectivity index (χ2n) is 5.91. The standard InChI is InChI=1S/C16H10Cl2F3N7O/c1-7(13-24-6-25-28(13)14-22-4-8(17)5-23-14)26-15-27-11-2-9(16(19,20)21)10(18)3-12(11)29-15/h2-7H,1H3,(H,26,27)/t7-/m0/s1. The summed E-state index contributed by atoms with van der Waals surface area (Å²) in [6.07, 6.45) is -0.459. The van der Waals surface area contributed by atoms with E-state index in [0.717, 1.165) is 12.1 Å². The van der Waals surface area contributed by atoms with Crippen molar-refractivity contribution in [1.29, 1.82) is 0 Å². The van der Waals surface area contributed by atoms with Gasteiger partial charge >= 0.3 is 6.18 Å². The van der Waals surface area contributed by atoms with E-state index in [1.165, 1.54) is 23.4 Å². The number of oxazole rings is 1. The molecule has 0 unspecified atom stereocenters. The maximum absolute atomic E-state index is 13.0. The van der Waals surface area contributed by atoms with Crippen molar-refractivity contribution in [3.8, 4) is 5.95 Å². The molecule has 3 aromatic heterocycles. The molecule has 0 aliphatic rings. The van der Waals surface area contributed by atoms with Gasteiger partial charge in [0.05, 0.1) is 34.0 Å². The van der Waals surface area contributed by atoms with Gasteiger partial charge in [-0.25, -0.2) is 15.0 Å². The van der Waals surface area contributed by atoms with Crippen LogP contribution in [0.15, 0.2) is 35.3 Å². The molecule has 0 saturated heterocycles. The quantitative estimate of drug-likeness (QED) is 0.488. The number of alkyl halides is 3. The van der Waals surface area contributed by atoms with Gasteiger partial charge in [-0.15, -0.1) is 0 Å². The zero-order valence-corrected chi connectivity index (χ0v) is 16.0. The topological polar surface area (TPSA) is 94.6 Å². The largest absolute Gasteiger partial charge is 0.423 e. The van der Waals surface area contributed by atoms with E-state index in [0.29, 0.717) is 10.8 Å². The summed E-state index contributed by atoms with van der Waals surface area (Å²) in [4.78, 5) is 16.4. The van der Waals surface area contributed by atoms with Gasteiger partial charge in [0.15, 0.2) is 11.4 Å². The second kappa shape index (κ2) is 7.16. The number of anilines is 1. The van der Waals surface area contributed by atoms with E-state index in [1.807, 2.05) is 0 Å². The van der Waals surface area contributed by atoms with Crippen LogP contribution in [0.4, 0.5) is 19.2 Å². The Balaban J connectivity index is 1.62. The fraction of sp³-hybridized carbons (Fsp3) is 0.188. The van der Waals surface area contributed by atoms with Crippen LogP contribution in [0.25, 0.3) is 17.0 Å². The van der Waals surface area contributed by atoms with Gasteiger partial charge in [0.2, 0.25) is 0 Å². The summed E-state index contributed by atoms with van der Waals surface area (Å²) in [5, 5.41) is 6.90. The van der Waals surface area contributed by atoms with E-state index >= 15 is 0 Å². The van der Waals surface area contributed by atoms with Crippen molar-refractivity contribution in [1.82, 2.24) is 29.7 Å². The van der Waals surface area contributed by atoms with Crippen LogP contribution in [0.1, 0.15) is 24.4 Å². The van der Waals surface area contributed by atoms with E-state index in [-0.39, 0.29) is 23.1 Å². The number of hydrogen-bond donors (Lipinski definition) is 1. The molecule has 29 heavy (non-hydrogen) atoms. The van der Waals surface area contributed by atoms with Gasteiger partial charge in [-0.2, -0.15) is 27.9 Å². The summed E-state index contributed by atoms with van der Waals surface area (Å²) < 4.78 is 45.9. The van der Waals surface area contributed by atoms with Crippen LogP contribution < -0.4 is 5.32 Å². The molecular formula is C16H10Cl2F3N7O. The van der Waals surface area contributed by atoms with Gasteiger partial charge in [-0.05, 0) is 13.0 Å². The highest BCUT2D eigenvalue weighted by atomic mass is 35.5. The van der Waals surface area contributed by atoms with Gasteiger partial charge in [0.1, 0.15) is 11.8 Å². The highest BCUT2D eigenvalue weighted by Crippen LogP contribution is 2.37. The number of halogens is 5. The third-order valence-electron chi connectivity index (χ3n) is 3.88. The van der Waals surface area contributed by atoms with Gasteiger partial charge in [0, 0.05) is 6.07 Å². The molecule has 13 heteroatoms. The number of fused-ring (bicyclic) bond motifs is 1. The molecule has 0 amide bonds. The van der Waals surface area contributed by atoms with E-state index in [4.69, 9.17) is 27.6 Å². The van der Waals surface area contributed by atoms with Gasteiger partial charge in [-0.1, -0.05) is 23.2 Å². The smallest absolute Gasteiger partial charge is 0.417 e. The predicted octanol–water partition coefficient (Wildman–Crippen LogP) is 4.70. The van der Waals surface area contributed by atoms with Crippen molar-refractivity contribution < 1.29 is 17.6 Å². The van der Waals surface area contributed by atoms with E-state index in [9.17, 15) is 13.2 Å². The van der Waals surface area contributed by atoms with E-state index in [2.05, 4.69) is 30.4 Å². The monoisotopic (exact) mass is 443 g/mol. The fourth-order valence-corrected chi connectivity index (χ4v) is 2.95. The Morgan fingerprint density at radius 2 is 1.86 bits per heavy atom. The minimum atomic E-state index is -4.60. The molecule has 0 saturated carbocycles. The normalized spacial score (nSPS) is 13.0. The minimum absolute atomic E-state index is 0.00512.